The summed E-state index contributed by atoms with van der Waals surface area (Å²) in [4.78, 5) is 3.43. The molecular formula is C11H17NOS. The molecule has 0 aromatic carbocycles. The normalized spacial score (nSPS) is 34.6. The van der Waals surface area contributed by atoms with Crippen molar-refractivity contribution in [2.45, 2.75) is 31.4 Å². The average Bonchev–Trinajstić information content (AvgIpc) is 2.65. The summed E-state index contributed by atoms with van der Waals surface area (Å²) < 4.78 is 0. The van der Waals surface area contributed by atoms with Crippen molar-refractivity contribution in [1.82, 2.24) is 4.90 Å². The van der Waals surface area contributed by atoms with Gasteiger partial charge in [-0.15, -0.1) is 11.3 Å². The summed E-state index contributed by atoms with van der Waals surface area (Å²) in [6.07, 6.45) is 1.71. The van der Waals surface area contributed by atoms with E-state index in [1.54, 1.807) is 11.3 Å². The van der Waals surface area contributed by atoms with Crippen LogP contribution in [0.15, 0.2) is 17.5 Å². The van der Waals surface area contributed by atoms with Gasteiger partial charge in [-0.2, -0.15) is 0 Å². The van der Waals surface area contributed by atoms with Gasteiger partial charge in [-0.05, 0) is 38.3 Å². The van der Waals surface area contributed by atoms with Gasteiger partial charge in [0, 0.05) is 17.5 Å². The van der Waals surface area contributed by atoms with Crippen LogP contribution in [-0.2, 0) is 5.60 Å². The van der Waals surface area contributed by atoms with Crippen molar-refractivity contribution in [3.05, 3.63) is 22.4 Å². The molecule has 0 radical (unpaired) electrons. The molecule has 1 aliphatic rings. The summed E-state index contributed by atoms with van der Waals surface area (Å²) >= 11 is 1.66. The quantitative estimate of drug-likeness (QED) is 0.768. The lowest BCUT2D eigenvalue weighted by Crippen LogP contribution is -2.45. The summed E-state index contributed by atoms with van der Waals surface area (Å²) in [5.74, 6) is 0. The second-order valence-electron chi connectivity index (χ2n) is 4.29. The van der Waals surface area contributed by atoms with Crippen LogP contribution in [0.25, 0.3) is 0 Å². The highest BCUT2D eigenvalue weighted by Crippen LogP contribution is 2.37. The lowest BCUT2D eigenvalue weighted by molar-refractivity contribution is -0.0380. The van der Waals surface area contributed by atoms with Gasteiger partial charge in [0.2, 0.25) is 0 Å². The van der Waals surface area contributed by atoms with Crippen molar-refractivity contribution in [2.24, 2.45) is 0 Å². The Morgan fingerprint density at radius 1 is 1.64 bits per heavy atom. The largest absolute Gasteiger partial charge is 0.384 e. The summed E-state index contributed by atoms with van der Waals surface area (Å²) in [7, 11) is 2.12. The van der Waals surface area contributed by atoms with Gasteiger partial charge >= 0.3 is 0 Å². The van der Waals surface area contributed by atoms with Gasteiger partial charge in [0.1, 0.15) is 5.60 Å². The molecule has 3 heteroatoms. The average molecular weight is 211 g/mol. The topological polar surface area (TPSA) is 23.5 Å². The molecule has 1 N–H and O–H groups in total. The fourth-order valence-electron chi connectivity index (χ4n) is 2.10. The summed E-state index contributed by atoms with van der Waals surface area (Å²) in [6, 6.07) is 4.53. The molecule has 0 amide bonds. The zero-order valence-corrected chi connectivity index (χ0v) is 9.55. The minimum absolute atomic E-state index is 0.468. The Morgan fingerprint density at radius 2 is 2.43 bits per heavy atom. The van der Waals surface area contributed by atoms with Crippen LogP contribution in [0.3, 0.4) is 0 Å². The number of likely N-dealkylation sites (tertiary alicyclic amines) is 1. The van der Waals surface area contributed by atoms with Crippen LogP contribution in [-0.4, -0.2) is 29.6 Å². The van der Waals surface area contributed by atoms with Crippen molar-refractivity contribution in [3.63, 3.8) is 0 Å². The third-order valence-corrected chi connectivity index (χ3v) is 4.31. The molecule has 0 bridgehead atoms. The third-order valence-electron chi connectivity index (χ3n) is 3.24. The standard InChI is InChI=1S/C11H17NOS/c1-9-8-11(13,5-6-12(9)2)10-4-3-7-14-10/h3-4,7,9,13H,5-6,8H2,1-2H3. The molecule has 2 nitrogen and oxygen atoms in total. The molecule has 1 saturated heterocycles. The highest BCUT2D eigenvalue weighted by molar-refractivity contribution is 7.10. The van der Waals surface area contributed by atoms with Crippen molar-refractivity contribution < 1.29 is 5.11 Å². The van der Waals surface area contributed by atoms with Crippen LogP contribution in [0.5, 0.6) is 0 Å². The molecule has 0 saturated carbocycles. The van der Waals surface area contributed by atoms with Crippen LogP contribution < -0.4 is 0 Å². The zero-order chi connectivity index (χ0) is 10.2. The minimum Gasteiger partial charge on any atom is -0.384 e. The Morgan fingerprint density at radius 3 is 3.00 bits per heavy atom. The molecule has 2 unspecified atom stereocenters. The van der Waals surface area contributed by atoms with E-state index in [-0.39, 0.29) is 0 Å². The van der Waals surface area contributed by atoms with Gasteiger partial charge < -0.3 is 10.0 Å². The van der Waals surface area contributed by atoms with Crippen molar-refractivity contribution in [2.75, 3.05) is 13.6 Å². The number of piperidine rings is 1. The van der Waals surface area contributed by atoms with Crippen LogP contribution in [0, 0.1) is 0 Å². The monoisotopic (exact) mass is 211 g/mol. The molecule has 0 aliphatic carbocycles. The Hall–Kier alpha value is -0.380. The van der Waals surface area contributed by atoms with E-state index in [1.807, 2.05) is 17.5 Å². The predicted octanol–water partition coefficient (Wildman–Crippen LogP) is 2.05. The molecule has 1 aliphatic heterocycles. The molecule has 2 heterocycles. The molecule has 1 aromatic rings. The first-order valence-corrected chi connectivity index (χ1v) is 5.96. The van der Waals surface area contributed by atoms with Crippen LogP contribution in [0.2, 0.25) is 0 Å². The maximum Gasteiger partial charge on any atom is 0.101 e. The highest BCUT2D eigenvalue weighted by Gasteiger charge is 2.37. The molecule has 1 aromatic heterocycles. The van der Waals surface area contributed by atoms with E-state index >= 15 is 0 Å². The van der Waals surface area contributed by atoms with E-state index < -0.39 is 5.60 Å². The van der Waals surface area contributed by atoms with E-state index in [0.29, 0.717) is 6.04 Å². The SMILES string of the molecule is CC1CC(O)(c2cccs2)CCN1C. The van der Waals surface area contributed by atoms with Crippen LogP contribution in [0.4, 0.5) is 0 Å². The van der Waals surface area contributed by atoms with Gasteiger partial charge in [0.05, 0.1) is 0 Å². The second kappa shape index (κ2) is 3.65. The highest BCUT2D eigenvalue weighted by atomic mass is 32.1. The van der Waals surface area contributed by atoms with Gasteiger partial charge in [-0.25, -0.2) is 0 Å². The molecule has 0 spiro atoms. The number of thiophene rings is 1. The molecular weight excluding hydrogens is 194 g/mol. The fourth-order valence-corrected chi connectivity index (χ4v) is 2.96. The van der Waals surface area contributed by atoms with Crippen LogP contribution >= 0.6 is 11.3 Å². The molecule has 14 heavy (non-hydrogen) atoms. The van der Waals surface area contributed by atoms with Crippen molar-refractivity contribution >= 4 is 11.3 Å². The third kappa shape index (κ3) is 1.72. The number of hydrogen-bond acceptors (Lipinski definition) is 3. The molecule has 1 fully saturated rings. The zero-order valence-electron chi connectivity index (χ0n) is 8.73. The minimum atomic E-state index is -0.569. The molecule has 2 atom stereocenters. The summed E-state index contributed by atoms with van der Waals surface area (Å²) in [5.41, 5.74) is -0.569. The lowest BCUT2D eigenvalue weighted by Gasteiger charge is -2.40. The smallest absolute Gasteiger partial charge is 0.101 e. The first-order chi connectivity index (χ1) is 6.62. The second-order valence-corrected chi connectivity index (χ2v) is 5.24. The summed E-state index contributed by atoms with van der Waals surface area (Å²) in [5, 5.41) is 12.5. The van der Waals surface area contributed by atoms with E-state index in [4.69, 9.17) is 0 Å². The Bertz CT molecular complexity index is 298. The Labute approximate surface area is 89.2 Å². The first kappa shape index (κ1) is 10.1. The van der Waals surface area contributed by atoms with Crippen molar-refractivity contribution in [1.29, 1.82) is 0 Å². The maximum absolute atomic E-state index is 10.5. The van der Waals surface area contributed by atoms with Gasteiger partial charge in [-0.1, -0.05) is 6.07 Å². The lowest BCUT2D eigenvalue weighted by atomic mass is 9.86. The van der Waals surface area contributed by atoms with Gasteiger partial charge in [0.15, 0.2) is 0 Å². The number of aliphatic hydroxyl groups is 1. The van der Waals surface area contributed by atoms with Gasteiger partial charge in [0.25, 0.3) is 0 Å². The predicted molar refractivity (Wildman–Crippen MR) is 59.5 cm³/mol. The van der Waals surface area contributed by atoms with Gasteiger partial charge in [-0.3, -0.25) is 0 Å². The number of hydrogen-bond donors (Lipinski definition) is 1. The fraction of sp³-hybridized carbons (Fsp3) is 0.636. The number of nitrogens with zero attached hydrogens (tertiary/aromatic N) is 1. The Balaban J connectivity index is 2.18. The van der Waals surface area contributed by atoms with E-state index in [0.717, 1.165) is 24.3 Å². The maximum atomic E-state index is 10.5. The Kier molecular flexibility index (Phi) is 2.64. The summed E-state index contributed by atoms with van der Waals surface area (Å²) in [6.45, 7) is 3.16. The van der Waals surface area contributed by atoms with Crippen molar-refractivity contribution in [3.8, 4) is 0 Å². The molecule has 2 rings (SSSR count). The van der Waals surface area contributed by atoms with E-state index in [2.05, 4.69) is 18.9 Å². The number of rotatable bonds is 1. The van der Waals surface area contributed by atoms with Crippen LogP contribution in [0.1, 0.15) is 24.6 Å². The first-order valence-electron chi connectivity index (χ1n) is 5.08. The molecule has 78 valence electrons. The van der Waals surface area contributed by atoms with E-state index in [1.165, 1.54) is 0 Å². The van der Waals surface area contributed by atoms with E-state index in [9.17, 15) is 5.11 Å².